The highest BCUT2D eigenvalue weighted by atomic mass is 32.2. The van der Waals surface area contributed by atoms with Crippen LogP contribution in [0.15, 0.2) is 18.2 Å². The van der Waals surface area contributed by atoms with Gasteiger partial charge >= 0.3 is 5.97 Å². The van der Waals surface area contributed by atoms with E-state index in [1.54, 1.807) is 19.1 Å². The molecule has 1 aromatic carbocycles. The van der Waals surface area contributed by atoms with E-state index in [4.69, 9.17) is 5.11 Å². The van der Waals surface area contributed by atoms with Crippen LogP contribution in [0.4, 0.5) is 5.69 Å². The smallest absolute Gasteiger partial charge is 0.336 e. The molecule has 0 atom stereocenters. The maximum atomic E-state index is 11.7. The summed E-state index contributed by atoms with van der Waals surface area (Å²) in [7, 11) is 0. The minimum absolute atomic E-state index is 0.103. The van der Waals surface area contributed by atoms with Gasteiger partial charge in [0, 0.05) is 0 Å². The maximum Gasteiger partial charge on any atom is 0.336 e. The van der Waals surface area contributed by atoms with Crippen molar-refractivity contribution in [3.8, 4) is 0 Å². The average molecular weight is 265 g/mol. The molecule has 0 radical (unpaired) electrons. The predicted octanol–water partition coefficient (Wildman–Crippen LogP) is 1.30. The summed E-state index contributed by atoms with van der Waals surface area (Å²) in [6, 6.07) is 4.55. The number of carboxylic acid groups (broad SMARTS) is 1. The molecular formula is C12H11NO4S. The standard InChI is InChI=1S/C12H11NO4S/c1-7-2-3-8(4-9(7)12(16)17)13-10(14)5-18-6-11(13)15/h2-4H,5-6H2,1H3,(H,16,17). The number of carbonyl (C=O) groups is 3. The molecule has 1 saturated heterocycles. The Bertz CT molecular complexity index is 525. The molecule has 0 spiro atoms. The molecule has 1 aliphatic heterocycles. The molecular weight excluding hydrogens is 254 g/mol. The van der Waals surface area contributed by atoms with Crippen molar-refractivity contribution in [2.45, 2.75) is 6.92 Å². The second-order valence-electron chi connectivity index (χ2n) is 3.92. The molecule has 1 heterocycles. The molecule has 1 aliphatic rings. The van der Waals surface area contributed by atoms with Gasteiger partial charge in [-0.25, -0.2) is 9.69 Å². The zero-order valence-electron chi connectivity index (χ0n) is 9.67. The predicted molar refractivity (Wildman–Crippen MR) is 68.0 cm³/mol. The lowest BCUT2D eigenvalue weighted by Gasteiger charge is -2.25. The molecule has 0 aliphatic carbocycles. The minimum Gasteiger partial charge on any atom is -0.478 e. The number of carbonyl (C=O) groups excluding carboxylic acids is 2. The Morgan fingerprint density at radius 3 is 2.44 bits per heavy atom. The van der Waals surface area contributed by atoms with Crippen molar-refractivity contribution in [3.05, 3.63) is 29.3 Å². The first-order chi connectivity index (χ1) is 8.50. The lowest BCUT2D eigenvalue weighted by molar-refractivity contribution is -0.124. The van der Waals surface area contributed by atoms with Gasteiger partial charge in [-0.1, -0.05) is 6.07 Å². The Kier molecular flexibility index (Phi) is 3.38. The summed E-state index contributed by atoms with van der Waals surface area (Å²) in [5.41, 5.74) is 1.03. The number of benzene rings is 1. The van der Waals surface area contributed by atoms with Crippen LogP contribution in [-0.2, 0) is 9.59 Å². The van der Waals surface area contributed by atoms with E-state index >= 15 is 0 Å². The molecule has 94 valence electrons. The summed E-state index contributed by atoms with van der Waals surface area (Å²) in [5, 5.41) is 9.03. The number of anilines is 1. The van der Waals surface area contributed by atoms with E-state index in [0.717, 1.165) is 4.90 Å². The largest absolute Gasteiger partial charge is 0.478 e. The summed E-state index contributed by atoms with van der Waals surface area (Å²) >= 11 is 1.27. The Balaban J connectivity index is 2.44. The monoisotopic (exact) mass is 265 g/mol. The molecule has 2 amide bonds. The summed E-state index contributed by atoms with van der Waals surface area (Å²) in [5.74, 6) is -1.21. The van der Waals surface area contributed by atoms with Gasteiger partial charge in [0.2, 0.25) is 11.8 Å². The Morgan fingerprint density at radius 1 is 1.28 bits per heavy atom. The topological polar surface area (TPSA) is 74.7 Å². The molecule has 0 aromatic heterocycles. The van der Waals surface area contributed by atoms with Gasteiger partial charge in [-0.3, -0.25) is 9.59 Å². The molecule has 6 heteroatoms. The summed E-state index contributed by atoms with van der Waals surface area (Å²) < 4.78 is 0. The normalized spacial score (nSPS) is 15.9. The van der Waals surface area contributed by atoms with Gasteiger partial charge < -0.3 is 5.11 Å². The first kappa shape index (κ1) is 12.6. The summed E-state index contributed by atoms with van der Waals surface area (Å²) in [6.45, 7) is 1.67. The van der Waals surface area contributed by atoms with E-state index < -0.39 is 5.97 Å². The molecule has 0 bridgehead atoms. The maximum absolute atomic E-state index is 11.7. The molecule has 18 heavy (non-hydrogen) atoms. The van der Waals surface area contributed by atoms with E-state index in [-0.39, 0.29) is 28.9 Å². The zero-order valence-corrected chi connectivity index (χ0v) is 10.5. The SMILES string of the molecule is Cc1ccc(N2C(=O)CSCC2=O)cc1C(=O)O. The highest BCUT2D eigenvalue weighted by Crippen LogP contribution is 2.24. The lowest BCUT2D eigenvalue weighted by atomic mass is 10.1. The van der Waals surface area contributed by atoms with Crippen LogP contribution in [0.25, 0.3) is 0 Å². The molecule has 1 aromatic rings. The van der Waals surface area contributed by atoms with Gasteiger partial charge in [-0.05, 0) is 24.6 Å². The zero-order chi connectivity index (χ0) is 13.3. The Hall–Kier alpha value is -1.82. The number of hydrogen-bond donors (Lipinski definition) is 1. The molecule has 1 fully saturated rings. The van der Waals surface area contributed by atoms with Crippen molar-refractivity contribution in [2.75, 3.05) is 16.4 Å². The molecule has 0 unspecified atom stereocenters. The van der Waals surface area contributed by atoms with Crippen LogP contribution in [-0.4, -0.2) is 34.4 Å². The molecule has 0 saturated carbocycles. The van der Waals surface area contributed by atoms with Gasteiger partial charge in [0.15, 0.2) is 0 Å². The first-order valence-corrected chi connectivity index (χ1v) is 6.43. The average Bonchev–Trinajstić information content (AvgIpc) is 2.30. The van der Waals surface area contributed by atoms with E-state index in [1.165, 1.54) is 17.8 Å². The number of aromatic carboxylic acids is 1. The van der Waals surface area contributed by atoms with Crippen LogP contribution in [0.3, 0.4) is 0 Å². The number of aryl methyl sites for hydroxylation is 1. The van der Waals surface area contributed by atoms with Crippen LogP contribution in [0.1, 0.15) is 15.9 Å². The van der Waals surface area contributed by atoms with Crippen LogP contribution < -0.4 is 4.90 Å². The number of imide groups is 1. The highest BCUT2D eigenvalue weighted by Gasteiger charge is 2.28. The van der Waals surface area contributed by atoms with Crippen molar-refractivity contribution in [3.63, 3.8) is 0 Å². The van der Waals surface area contributed by atoms with Gasteiger partial charge in [0.1, 0.15) is 0 Å². The minimum atomic E-state index is -1.07. The van der Waals surface area contributed by atoms with Crippen molar-refractivity contribution >= 4 is 35.2 Å². The van der Waals surface area contributed by atoms with Crippen LogP contribution in [0.2, 0.25) is 0 Å². The van der Waals surface area contributed by atoms with E-state index in [0.29, 0.717) is 11.3 Å². The summed E-state index contributed by atoms with van der Waals surface area (Å²) in [4.78, 5) is 35.5. The third-order valence-corrected chi connectivity index (χ3v) is 3.56. The third-order valence-electron chi connectivity index (χ3n) is 2.66. The van der Waals surface area contributed by atoms with Gasteiger partial charge in [-0.2, -0.15) is 0 Å². The Morgan fingerprint density at radius 2 is 1.89 bits per heavy atom. The number of rotatable bonds is 2. The molecule has 5 nitrogen and oxygen atoms in total. The number of amides is 2. The number of nitrogens with zero attached hydrogens (tertiary/aromatic N) is 1. The second kappa shape index (κ2) is 4.81. The van der Waals surface area contributed by atoms with Gasteiger partial charge in [0.25, 0.3) is 0 Å². The third kappa shape index (κ3) is 2.24. The first-order valence-electron chi connectivity index (χ1n) is 5.28. The van der Waals surface area contributed by atoms with E-state index in [1.807, 2.05) is 0 Å². The fraction of sp³-hybridized carbons (Fsp3) is 0.250. The number of hydrogen-bond acceptors (Lipinski definition) is 4. The van der Waals surface area contributed by atoms with Crippen LogP contribution in [0, 0.1) is 6.92 Å². The van der Waals surface area contributed by atoms with Gasteiger partial charge in [0.05, 0.1) is 22.8 Å². The molecule has 2 rings (SSSR count). The fourth-order valence-corrected chi connectivity index (χ4v) is 2.47. The number of thioether (sulfide) groups is 1. The quantitative estimate of drug-likeness (QED) is 0.816. The van der Waals surface area contributed by atoms with Crippen LogP contribution in [0.5, 0.6) is 0 Å². The second-order valence-corrected chi connectivity index (χ2v) is 4.91. The van der Waals surface area contributed by atoms with Crippen molar-refractivity contribution in [2.24, 2.45) is 0 Å². The molecule has 1 N–H and O–H groups in total. The van der Waals surface area contributed by atoms with Crippen molar-refractivity contribution < 1.29 is 19.5 Å². The highest BCUT2D eigenvalue weighted by molar-refractivity contribution is 8.00. The Labute approximate surface area is 108 Å². The fourth-order valence-electron chi connectivity index (χ4n) is 1.76. The van der Waals surface area contributed by atoms with E-state index in [2.05, 4.69) is 0 Å². The van der Waals surface area contributed by atoms with E-state index in [9.17, 15) is 14.4 Å². The van der Waals surface area contributed by atoms with Crippen LogP contribution >= 0.6 is 11.8 Å². The van der Waals surface area contributed by atoms with Crippen molar-refractivity contribution in [1.82, 2.24) is 0 Å². The summed E-state index contributed by atoms with van der Waals surface area (Å²) in [6.07, 6.45) is 0. The van der Waals surface area contributed by atoms with Crippen molar-refractivity contribution in [1.29, 1.82) is 0 Å². The van der Waals surface area contributed by atoms with Gasteiger partial charge in [-0.15, -0.1) is 11.8 Å². The lowest BCUT2D eigenvalue weighted by Crippen LogP contribution is -2.43. The number of carboxylic acids is 1.